The van der Waals surface area contributed by atoms with E-state index in [4.69, 9.17) is 34.8 Å². The maximum atomic E-state index is 12.5. The second kappa shape index (κ2) is 7.83. The van der Waals surface area contributed by atoms with Crippen molar-refractivity contribution in [2.75, 3.05) is 15.9 Å². The lowest BCUT2D eigenvalue weighted by Crippen LogP contribution is -2.45. The normalized spacial score (nSPS) is 12.5. The standard InChI is InChI=1S/C16H15Cl3N2O3S/c1-10(16(22)20-12-6-7-14(18)15(19)9-12)21(25(2,23)24)13-5-3-4-11(17)8-13/h3-10H,1-2H3,(H,20,22)/t10-/m0/s1. The number of nitrogens with one attached hydrogen (secondary N) is 1. The van der Waals surface area contributed by atoms with Gasteiger partial charge in [-0.15, -0.1) is 0 Å². The molecule has 1 N–H and O–H groups in total. The fourth-order valence-electron chi connectivity index (χ4n) is 2.24. The van der Waals surface area contributed by atoms with Gasteiger partial charge < -0.3 is 5.32 Å². The van der Waals surface area contributed by atoms with Gasteiger partial charge in [0.25, 0.3) is 0 Å². The fourth-order valence-corrected chi connectivity index (χ4v) is 3.89. The molecule has 2 rings (SSSR count). The van der Waals surface area contributed by atoms with Crippen LogP contribution in [0.3, 0.4) is 0 Å². The Labute approximate surface area is 161 Å². The molecule has 0 aliphatic carbocycles. The van der Waals surface area contributed by atoms with E-state index in [0.717, 1.165) is 10.6 Å². The van der Waals surface area contributed by atoms with E-state index in [2.05, 4.69) is 5.32 Å². The summed E-state index contributed by atoms with van der Waals surface area (Å²) < 4.78 is 25.4. The van der Waals surface area contributed by atoms with Crippen LogP contribution in [-0.4, -0.2) is 26.6 Å². The summed E-state index contributed by atoms with van der Waals surface area (Å²) in [6.07, 6.45) is 1.02. The maximum Gasteiger partial charge on any atom is 0.247 e. The number of amides is 1. The summed E-state index contributed by atoms with van der Waals surface area (Å²) >= 11 is 17.7. The molecule has 2 aromatic carbocycles. The van der Waals surface area contributed by atoms with Crippen LogP contribution in [0.25, 0.3) is 0 Å². The number of hydrogen-bond donors (Lipinski definition) is 1. The molecule has 0 saturated heterocycles. The Hall–Kier alpha value is -1.47. The molecule has 5 nitrogen and oxygen atoms in total. The molecule has 0 aliphatic rings. The van der Waals surface area contributed by atoms with E-state index >= 15 is 0 Å². The summed E-state index contributed by atoms with van der Waals surface area (Å²) in [5.41, 5.74) is 0.706. The van der Waals surface area contributed by atoms with Gasteiger partial charge >= 0.3 is 0 Å². The molecule has 1 atom stereocenters. The molecule has 0 aliphatic heterocycles. The van der Waals surface area contributed by atoms with Crippen LogP contribution < -0.4 is 9.62 Å². The molecular formula is C16H15Cl3N2O3S. The third-order valence-electron chi connectivity index (χ3n) is 3.34. The van der Waals surface area contributed by atoms with Gasteiger partial charge in [0, 0.05) is 10.7 Å². The molecule has 2 aromatic rings. The minimum Gasteiger partial charge on any atom is -0.324 e. The predicted molar refractivity (Wildman–Crippen MR) is 103 cm³/mol. The first-order chi connectivity index (χ1) is 11.6. The van der Waals surface area contributed by atoms with Gasteiger partial charge in [0.2, 0.25) is 15.9 Å². The Morgan fingerprint density at radius 1 is 1.08 bits per heavy atom. The van der Waals surface area contributed by atoms with Crippen LogP contribution in [0.1, 0.15) is 6.92 Å². The van der Waals surface area contributed by atoms with Crippen LogP contribution >= 0.6 is 34.8 Å². The Balaban J connectivity index is 2.31. The number of carbonyl (C=O) groups is 1. The van der Waals surface area contributed by atoms with Crippen molar-refractivity contribution < 1.29 is 13.2 Å². The molecule has 0 bridgehead atoms. The van der Waals surface area contributed by atoms with Gasteiger partial charge in [-0.3, -0.25) is 9.10 Å². The van der Waals surface area contributed by atoms with Crippen LogP contribution in [0.15, 0.2) is 42.5 Å². The second-order valence-electron chi connectivity index (χ2n) is 5.33. The monoisotopic (exact) mass is 420 g/mol. The van der Waals surface area contributed by atoms with Crippen molar-refractivity contribution >= 4 is 62.1 Å². The zero-order chi connectivity index (χ0) is 18.8. The van der Waals surface area contributed by atoms with Gasteiger partial charge in [0.1, 0.15) is 6.04 Å². The van der Waals surface area contributed by atoms with Crippen LogP contribution in [0.4, 0.5) is 11.4 Å². The average Bonchev–Trinajstić information content (AvgIpc) is 2.49. The third-order valence-corrected chi connectivity index (χ3v) is 5.55. The molecule has 0 saturated carbocycles. The highest BCUT2D eigenvalue weighted by Gasteiger charge is 2.29. The van der Waals surface area contributed by atoms with E-state index in [0.29, 0.717) is 21.4 Å². The average molecular weight is 422 g/mol. The maximum absolute atomic E-state index is 12.5. The highest BCUT2D eigenvalue weighted by atomic mass is 35.5. The number of benzene rings is 2. The Morgan fingerprint density at radius 2 is 1.76 bits per heavy atom. The van der Waals surface area contributed by atoms with Gasteiger partial charge in [-0.05, 0) is 43.3 Å². The van der Waals surface area contributed by atoms with Crippen molar-refractivity contribution in [1.82, 2.24) is 0 Å². The highest BCUT2D eigenvalue weighted by Crippen LogP contribution is 2.27. The lowest BCUT2D eigenvalue weighted by Gasteiger charge is -2.28. The summed E-state index contributed by atoms with van der Waals surface area (Å²) in [5, 5.41) is 3.62. The van der Waals surface area contributed by atoms with Crippen LogP contribution in [0.5, 0.6) is 0 Å². The minimum absolute atomic E-state index is 0.280. The zero-order valence-corrected chi connectivity index (χ0v) is 16.4. The van der Waals surface area contributed by atoms with Crippen molar-refractivity contribution in [1.29, 1.82) is 0 Å². The molecule has 0 fully saturated rings. The first-order valence-corrected chi connectivity index (χ1v) is 10.1. The molecule has 134 valence electrons. The largest absolute Gasteiger partial charge is 0.324 e. The highest BCUT2D eigenvalue weighted by molar-refractivity contribution is 7.92. The first-order valence-electron chi connectivity index (χ1n) is 7.10. The number of halogens is 3. The van der Waals surface area contributed by atoms with Gasteiger partial charge in [-0.2, -0.15) is 0 Å². The van der Waals surface area contributed by atoms with Gasteiger partial charge in [0.05, 0.1) is 22.0 Å². The molecular weight excluding hydrogens is 407 g/mol. The fraction of sp³-hybridized carbons (Fsp3) is 0.188. The van der Waals surface area contributed by atoms with Crippen molar-refractivity contribution in [3.63, 3.8) is 0 Å². The van der Waals surface area contributed by atoms with Crippen LogP contribution in [0.2, 0.25) is 15.1 Å². The third kappa shape index (κ3) is 5.01. The molecule has 0 aromatic heterocycles. The summed E-state index contributed by atoms with van der Waals surface area (Å²) in [6.45, 7) is 1.48. The molecule has 0 unspecified atom stereocenters. The Morgan fingerprint density at radius 3 is 2.32 bits per heavy atom. The Bertz CT molecular complexity index is 903. The van der Waals surface area contributed by atoms with Crippen molar-refractivity contribution in [2.45, 2.75) is 13.0 Å². The van der Waals surface area contributed by atoms with E-state index < -0.39 is 22.0 Å². The van der Waals surface area contributed by atoms with Crippen molar-refractivity contribution in [2.24, 2.45) is 0 Å². The van der Waals surface area contributed by atoms with Gasteiger partial charge in [-0.1, -0.05) is 40.9 Å². The SMILES string of the molecule is C[C@@H](C(=O)Nc1ccc(Cl)c(Cl)c1)N(c1cccc(Cl)c1)S(C)(=O)=O. The number of nitrogens with zero attached hydrogens (tertiary/aromatic N) is 1. The smallest absolute Gasteiger partial charge is 0.247 e. The molecule has 0 spiro atoms. The summed E-state index contributed by atoms with van der Waals surface area (Å²) in [7, 11) is -3.72. The number of carbonyl (C=O) groups excluding carboxylic acids is 1. The van der Waals surface area contributed by atoms with E-state index in [1.54, 1.807) is 24.3 Å². The van der Waals surface area contributed by atoms with Crippen LogP contribution in [-0.2, 0) is 14.8 Å². The minimum atomic E-state index is -3.72. The topological polar surface area (TPSA) is 66.5 Å². The van der Waals surface area contributed by atoms with Gasteiger partial charge in [0.15, 0.2) is 0 Å². The zero-order valence-electron chi connectivity index (χ0n) is 13.3. The number of anilines is 2. The molecule has 0 heterocycles. The lowest BCUT2D eigenvalue weighted by molar-refractivity contribution is -0.116. The van der Waals surface area contributed by atoms with Gasteiger partial charge in [-0.25, -0.2) is 8.42 Å². The van der Waals surface area contributed by atoms with Crippen molar-refractivity contribution in [3.8, 4) is 0 Å². The van der Waals surface area contributed by atoms with Crippen LogP contribution in [0, 0.1) is 0 Å². The molecule has 0 radical (unpaired) electrons. The quantitative estimate of drug-likeness (QED) is 0.776. The van der Waals surface area contributed by atoms with E-state index in [1.165, 1.54) is 25.1 Å². The number of sulfonamides is 1. The molecule has 9 heteroatoms. The molecule has 1 amide bonds. The lowest BCUT2D eigenvalue weighted by atomic mass is 10.2. The van der Waals surface area contributed by atoms with E-state index in [-0.39, 0.29) is 5.02 Å². The second-order valence-corrected chi connectivity index (χ2v) is 8.44. The van der Waals surface area contributed by atoms with E-state index in [1.807, 2.05) is 0 Å². The number of rotatable bonds is 5. The Kier molecular flexibility index (Phi) is 6.21. The summed E-state index contributed by atoms with van der Waals surface area (Å²) in [4.78, 5) is 12.5. The van der Waals surface area contributed by atoms with Crippen molar-refractivity contribution in [3.05, 3.63) is 57.5 Å². The predicted octanol–water partition coefficient (Wildman–Crippen LogP) is 4.44. The summed E-state index contributed by atoms with van der Waals surface area (Å²) in [6, 6.07) is 9.85. The number of hydrogen-bond acceptors (Lipinski definition) is 3. The molecule has 25 heavy (non-hydrogen) atoms. The summed E-state index contributed by atoms with van der Waals surface area (Å²) in [5.74, 6) is -0.524. The van der Waals surface area contributed by atoms with E-state index in [9.17, 15) is 13.2 Å². The first kappa shape index (κ1) is 19.8.